The molecular formula is C17H22N4O. The van der Waals surface area contributed by atoms with Crippen molar-refractivity contribution in [2.24, 2.45) is 5.73 Å². The second-order valence-corrected chi connectivity index (χ2v) is 6.05. The summed E-state index contributed by atoms with van der Waals surface area (Å²) in [6.45, 7) is 4.72. The van der Waals surface area contributed by atoms with Gasteiger partial charge in [0.05, 0.1) is 5.69 Å². The van der Waals surface area contributed by atoms with Crippen LogP contribution in [0.15, 0.2) is 36.4 Å². The summed E-state index contributed by atoms with van der Waals surface area (Å²) < 4.78 is 1.81. The lowest BCUT2D eigenvalue weighted by atomic mass is 9.99. The van der Waals surface area contributed by atoms with Crippen molar-refractivity contribution in [1.82, 2.24) is 14.7 Å². The van der Waals surface area contributed by atoms with Gasteiger partial charge in [0.1, 0.15) is 0 Å². The molecule has 5 nitrogen and oxygen atoms in total. The smallest absolute Gasteiger partial charge is 0.274 e. The van der Waals surface area contributed by atoms with Gasteiger partial charge in [0, 0.05) is 24.3 Å². The van der Waals surface area contributed by atoms with Crippen LogP contribution in [-0.4, -0.2) is 39.2 Å². The molecule has 1 aromatic heterocycles. The van der Waals surface area contributed by atoms with Crippen LogP contribution in [0.1, 0.15) is 35.9 Å². The van der Waals surface area contributed by atoms with E-state index in [1.54, 1.807) is 0 Å². The van der Waals surface area contributed by atoms with E-state index >= 15 is 0 Å². The second-order valence-electron chi connectivity index (χ2n) is 6.05. The fourth-order valence-corrected chi connectivity index (χ4v) is 3.07. The second kappa shape index (κ2) is 5.93. The van der Waals surface area contributed by atoms with Crippen LogP contribution in [0.3, 0.4) is 0 Å². The van der Waals surface area contributed by atoms with Gasteiger partial charge in [-0.05, 0) is 44.9 Å². The fraction of sp³-hybridized carbons (Fsp3) is 0.412. The molecule has 2 heterocycles. The molecule has 1 fully saturated rings. The zero-order chi connectivity index (χ0) is 15.7. The van der Waals surface area contributed by atoms with Crippen LogP contribution in [0.4, 0.5) is 0 Å². The van der Waals surface area contributed by atoms with Gasteiger partial charge >= 0.3 is 0 Å². The molecule has 3 rings (SSSR count). The van der Waals surface area contributed by atoms with Gasteiger partial charge in [-0.2, -0.15) is 5.10 Å². The molecule has 0 radical (unpaired) electrons. The van der Waals surface area contributed by atoms with Gasteiger partial charge in [0.2, 0.25) is 0 Å². The van der Waals surface area contributed by atoms with E-state index in [-0.39, 0.29) is 18.0 Å². The molecule has 0 unspecified atom stereocenters. The van der Waals surface area contributed by atoms with Crippen LogP contribution in [0.5, 0.6) is 0 Å². The highest BCUT2D eigenvalue weighted by molar-refractivity contribution is 5.92. The van der Waals surface area contributed by atoms with E-state index in [9.17, 15) is 4.79 Å². The Hall–Kier alpha value is -2.14. The Balaban J connectivity index is 1.85. The first-order chi connectivity index (χ1) is 10.6. The third-order valence-electron chi connectivity index (χ3n) is 4.28. The zero-order valence-electron chi connectivity index (χ0n) is 13.1. The number of nitrogens with zero attached hydrogens (tertiary/aromatic N) is 3. The molecule has 1 aliphatic rings. The molecule has 1 amide bonds. The summed E-state index contributed by atoms with van der Waals surface area (Å²) in [6.07, 6.45) is 1.71. The predicted octanol–water partition coefficient (Wildman–Crippen LogP) is 2.13. The molecule has 2 N–H and O–H groups in total. The number of aryl methyl sites for hydroxylation is 1. The molecule has 5 heteroatoms. The number of para-hydroxylation sites is 1. The topological polar surface area (TPSA) is 64.2 Å². The van der Waals surface area contributed by atoms with Crippen molar-refractivity contribution in [1.29, 1.82) is 0 Å². The highest BCUT2D eigenvalue weighted by Gasteiger charge is 2.29. The number of carbonyl (C=O) groups excluding carboxylic acids is 1. The summed E-state index contributed by atoms with van der Waals surface area (Å²) in [4.78, 5) is 14.6. The minimum Gasteiger partial charge on any atom is -0.334 e. The molecular weight excluding hydrogens is 276 g/mol. The number of rotatable bonds is 2. The number of hydrogen-bond acceptors (Lipinski definition) is 3. The van der Waals surface area contributed by atoms with Crippen LogP contribution < -0.4 is 5.73 Å². The van der Waals surface area contributed by atoms with Crippen molar-refractivity contribution in [3.05, 3.63) is 47.8 Å². The van der Waals surface area contributed by atoms with E-state index in [4.69, 9.17) is 5.73 Å². The average molecular weight is 298 g/mol. The van der Waals surface area contributed by atoms with Gasteiger partial charge in [-0.3, -0.25) is 4.79 Å². The molecule has 1 aromatic carbocycles. The molecule has 0 aliphatic carbocycles. The third kappa shape index (κ3) is 2.76. The monoisotopic (exact) mass is 298 g/mol. The van der Waals surface area contributed by atoms with E-state index < -0.39 is 0 Å². The van der Waals surface area contributed by atoms with E-state index in [2.05, 4.69) is 12.0 Å². The first kappa shape index (κ1) is 14.8. The van der Waals surface area contributed by atoms with Gasteiger partial charge in [0.25, 0.3) is 5.91 Å². The Labute approximate surface area is 130 Å². The molecule has 0 bridgehead atoms. The maximum Gasteiger partial charge on any atom is 0.274 e. The van der Waals surface area contributed by atoms with E-state index in [0.29, 0.717) is 12.2 Å². The molecule has 2 aromatic rings. The van der Waals surface area contributed by atoms with Gasteiger partial charge in [-0.1, -0.05) is 18.2 Å². The Bertz CT molecular complexity index is 665. The summed E-state index contributed by atoms with van der Waals surface area (Å²) >= 11 is 0. The lowest BCUT2D eigenvalue weighted by Gasteiger charge is -2.35. The number of nitrogens with two attached hydrogens (primary N) is 1. The number of hydrogen-bond donors (Lipinski definition) is 1. The molecule has 2 atom stereocenters. The molecule has 0 spiro atoms. The quantitative estimate of drug-likeness (QED) is 0.924. The van der Waals surface area contributed by atoms with Crippen LogP contribution in [-0.2, 0) is 0 Å². The minimum atomic E-state index is -0.00261. The van der Waals surface area contributed by atoms with Crippen molar-refractivity contribution in [2.75, 3.05) is 6.54 Å². The van der Waals surface area contributed by atoms with Crippen LogP contribution >= 0.6 is 0 Å². The summed E-state index contributed by atoms with van der Waals surface area (Å²) in [7, 11) is 0. The van der Waals surface area contributed by atoms with Crippen LogP contribution in [0.2, 0.25) is 0 Å². The normalized spacial score (nSPS) is 21.9. The molecule has 0 saturated carbocycles. The molecule has 1 saturated heterocycles. The van der Waals surface area contributed by atoms with Gasteiger partial charge in [-0.25, -0.2) is 4.68 Å². The van der Waals surface area contributed by atoms with E-state index in [0.717, 1.165) is 24.2 Å². The minimum absolute atomic E-state index is 0.00261. The summed E-state index contributed by atoms with van der Waals surface area (Å²) in [5, 5.41) is 4.50. The van der Waals surface area contributed by atoms with E-state index in [1.807, 2.05) is 52.9 Å². The largest absolute Gasteiger partial charge is 0.334 e. The van der Waals surface area contributed by atoms with Crippen molar-refractivity contribution in [2.45, 2.75) is 38.8 Å². The van der Waals surface area contributed by atoms with Gasteiger partial charge in [-0.15, -0.1) is 0 Å². The maximum absolute atomic E-state index is 12.7. The first-order valence-electron chi connectivity index (χ1n) is 7.75. The number of amides is 1. The molecule has 1 aliphatic heterocycles. The third-order valence-corrected chi connectivity index (χ3v) is 4.28. The lowest BCUT2D eigenvalue weighted by Crippen LogP contribution is -2.48. The van der Waals surface area contributed by atoms with Crippen molar-refractivity contribution in [3.8, 4) is 5.69 Å². The Morgan fingerprint density at radius 2 is 2.05 bits per heavy atom. The van der Waals surface area contributed by atoms with Crippen molar-refractivity contribution < 1.29 is 4.79 Å². The zero-order valence-corrected chi connectivity index (χ0v) is 13.1. The number of benzene rings is 1. The summed E-state index contributed by atoms with van der Waals surface area (Å²) in [5.41, 5.74) is 8.40. The SMILES string of the molecule is Cc1cc(C(=O)N2CC[C@@H](N)C[C@H]2C)nn1-c1ccccc1. The number of likely N-dealkylation sites (tertiary alicyclic amines) is 1. The lowest BCUT2D eigenvalue weighted by molar-refractivity contribution is 0.0612. The van der Waals surface area contributed by atoms with Crippen LogP contribution in [0.25, 0.3) is 5.69 Å². The fourth-order valence-electron chi connectivity index (χ4n) is 3.07. The van der Waals surface area contributed by atoms with Crippen molar-refractivity contribution >= 4 is 5.91 Å². The number of carbonyl (C=O) groups is 1. The van der Waals surface area contributed by atoms with Crippen molar-refractivity contribution in [3.63, 3.8) is 0 Å². The number of piperidine rings is 1. The standard InChI is InChI=1S/C17H22N4O/c1-12-10-14(18)8-9-20(12)17(22)16-11-13(2)21(19-16)15-6-4-3-5-7-15/h3-7,11-12,14H,8-10,18H2,1-2H3/t12-,14-/m1/s1. The highest BCUT2D eigenvalue weighted by atomic mass is 16.2. The number of aromatic nitrogens is 2. The highest BCUT2D eigenvalue weighted by Crippen LogP contribution is 2.20. The van der Waals surface area contributed by atoms with Gasteiger partial charge < -0.3 is 10.6 Å². The molecule has 22 heavy (non-hydrogen) atoms. The Morgan fingerprint density at radius 3 is 2.73 bits per heavy atom. The Kier molecular flexibility index (Phi) is 3.98. The van der Waals surface area contributed by atoms with Gasteiger partial charge in [0.15, 0.2) is 5.69 Å². The van der Waals surface area contributed by atoms with E-state index in [1.165, 1.54) is 0 Å². The Morgan fingerprint density at radius 1 is 1.32 bits per heavy atom. The molecule has 116 valence electrons. The van der Waals surface area contributed by atoms with Crippen LogP contribution in [0, 0.1) is 6.92 Å². The first-order valence-corrected chi connectivity index (χ1v) is 7.75. The summed E-state index contributed by atoms with van der Waals surface area (Å²) in [5.74, 6) is -0.00261. The summed E-state index contributed by atoms with van der Waals surface area (Å²) in [6, 6.07) is 12.1. The maximum atomic E-state index is 12.7. The average Bonchev–Trinajstić information content (AvgIpc) is 2.89. The predicted molar refractivity (Wildman–Crippen MR) is 86.0 cm³/mol.